The lowest BCUT2D eigenvalue weighted by atomic mass is 10.0. The fourth-order valence-corrected chi connectivity index (χ4v) is 3.50. The molecule has 1 amide bonds. The Kier molecular flexibility index (Phi) is 3.43. The van der Waals surface area contributed by atoms with Gasteiger partial charge in [-0.1, -0.05) is 42.5 Å². The van der Waals surface area contributed by atoms with Gasteiger partial charge in [-0.15, -0.1) is 0 Å². The van der Waals surface area contributed by atoms with Crippen LogP contribution in [0.3, 0.4) is 0 Å². The highest BCUT2D eigenvalue weighted by molar-refractivity contribution is 5.98. The predicted octanol–water partition coefficient (Wildman–Crippen LogP) is 2.85. The Hall–Kier alpha value is -2.13. The number of fused-ring (bicyclic) bond motifs is 1. The van der Waals surface area contributed by atoms with Gasteiger partial charge in [0.15, 0.2) is 0 Å². The second kappa shape index (κ2) is 5.58. The van der Waals surface area contributed by atoms with Gasteiger partial charge in [0, 0.05) is 18.8 Å². The molecule has 0 saturated carbocycles. The number of nitrogens with one attached hydrogen (secondary N) is 1. The van der Waals surface area contributed by atoms with E-state index in [9.17, 15) is 4.79 Å². The van der Waals surface area contributed by atoms with Crippen molar-refractivity contribution in [3.8, 4) is 11.1 Å². The molecule has 0 aliphatic carbocycles. The third-order valence-electron chi connectivity index (χ3n) is 4.76. The Morgan fingerprint density at radius 3 is 2.73 bits per heavy atom. The van der Waals surface area contributed by atoms with E-state index in [0.717, 1.165) is 38.2 Å². The molecular weight excluding hydrogens is 272 g/mol. The first kappa shape index (κ1) is 13.5. The molecule has 0 aromatic heterocycles. The summed E-state index contributed by atoms with van der Waals surface area (Å²) in [5.74, 6) is 0.431. The lowest BCUT2D eigenvalue weighted by molar-refractivity contribution is -0.121. The Bertz CT molecular complexity index is 690. The van der Waals surface area contributed by atoms with E-state index in [2.05, 4.69) is 47.8 Å². The SMILES string of the molecule is O=C([C@@H]1CCNC1)N1CCc2ccc(-c3ccccc3)cc21. The number of amides is 1. The van der Waals surface area contributed by atoms with Crippen molar-refractivity contribution in [1.82, 2.24) is 5.32 Å². The van der Waals surface area contributed by atoms with Gasteiger partial charge in [-0.3, -0.25) is 4.79 Å². The monoisotopic (exact) mass is 292 g/mol. The van der Waals surface area contributed by atoms with Crippen LogP contribution in [0.5, 0.6) is 0 Å². The highest BCUT2D eigenvalue weighted by Gasteiger charge is 2.31. The molecule has 112 valence electrons. The summed E-state index contributed by atoms with van der Waals surface area (Å²) in [7, 11) is 0. The Morgan fingerprint density at radius 2 is 1.95 bits per heavy atom. The minimum atomic E-state index is 0.145. The van der Waals surface area contributed by atoms with E-state index in [1.54, 1.807) is 0 Å². The highest BCUT2D eigenvalue weighted by atomic mass is 16.2. The molecule has 1 atom stereocenters. The molecule has 0 bridgehead atoms. The molecule has 2 aliphatic rings. The van der Waals surface area contributed by atoms with Crippen LogP contribution in [-0.4, -0.2) is 25.5 Å². The molecule has 0 spiro atoms. The molecule has 2 heterocycles. The summed E-state index contributed by atoms with van der Waals surface area (Å²) in [5, 5.41) is 3.29. The highest BCUT2D eigenvalue weighted by Crippen LogP contribution is 2.34. The molecule has 2 aromatic rings. The van der Waals surface area contributed by atoms with Crippen LogP contribution in [0, 0.1) is 5.92 Å². The number of anilines is 1. The van der Waals surface area contributed by atoms with E-state index in [1.165, 1.54) is 16.7 Å². The zero-order chi connectivity index (χ0) is 14.9. The van der Waals surface area contributed by atoms with Crippen LogP contribution in [0.1, 0.15) is 12.0 Å². The number of carbonyl (C=O) groups is 1. The van der Waals surface area contributed by atoms with Crippen molar-refractivity contribution in [2.24, 2.45) is 5.92 Å². The number of carbonyl (C=O) groups excluding carboxylic acids is 1. The van der Waals surface area contributed by atoms with Crippen LogP contribution in [0.4, 0.5) is 5.69 Å². The number of hydrogen-bond acceptors (Lipinski definition) is 2. The molecule has 22 heavy (non-hydrogen) atoms. The Labute approximate surface area is 131 Å². The summed E-state index contributed by atoms with van der Waals surface area (Å²) < 4.78 is 0. The van der Waals surface area contributed by atoms with Gasteiger partial charge < -0.3 is 10.2 Å². The van der Waals surface area contributed by atoms with Crippen molar-refractivity contribution >= 4 is 11.6 Å². The maximum Gasteiger partial charge on any atom is 0.231 e. The lowest BCUT2D eigenvalue weighted by Crippen LogP contribution is -2.35. The van der Waals surface area contributed by atoms with Crippen LogP contribution < -0.4 is 10.2 Å². The predicted molar refractivity (Wildman–Crippen MR) is 88.9 cm³/mol. The van der Waals surface area contributed by atoms with Crippen molar-refractivity contribution in [1.29, 1.82) is 0 Å². The molecule has 3 nitrogen and oxygen atoms in total. The van der Waals surface area contributed by atoms with E-state index < -0.39 is 0 Å². The standard InChI is InChI=1S/C19H20N2O/c22-19(17-8-10-20-13-17)21-11-9-15-6-7-16(12-18(15)21)14-4-2-1-3-5-14/h1-7,12,17,20H,8-11,13H2/t17-/m1/s1. The largest absolute Gasteiger partial charge is 0.316 e. The summed E-state index contributed by atoms with van der Waals surface area (Å²) >= 11 is 0. The minimum Gasteiger partial charge on any atom is -0.316 e. The van der Waals surface area contributed by atoms with Crippen LogP contribution in [0.2, 0.25) is 0 Å². The van der Waals surface area contributed by atoms with E-state index in [-0.39, 0.29) is 11.8 Å². The van der Waals surface area contributed by atoms with E-state index in [4.69, 9.17) is 0 Å². The fourth-order valence-electron chi connectivity index (χ4n) is 3.50. The maximum absolute atomic E-state index is 12.7. The van der Waals surface area contributed by atoms with E-state index in [1.807, 2.05) is 11.0 Å². The number of benzene rings is 2. The second-order valence-corrected chi connectivity index (χ2v) is 6.14. The molecule has 1 fully saturated rings. The Morgan fingerprint density at radius 1 is 1.09 bits per heavy atom. The van der Waals surface area contributed by atoms with Crippen molar-refractivity contribution in [2.75, 3.05) is 24.5 Å². The zero-order valence-corrected chi connectivity index (χ0v) is 12.6. The summed E-state index contributed by atoms with van der Waals surface area (Å²) in [5.41, 5.74) is 4.79. The quantitative estimate of drug-likeness (QED) is 0.923. The summed E-state index contributed by atoms with van der Waals surface area (Å²) in [4.78, 5) is 14.7. The third-order valence-corrected chi connectivity index (χ3v) is 4.76. The average Bonchev–Trinajstić information content (AvgIpc) is 3.24. The van der Waals surface area contributed by atoms with Crippen LogP contribution in [-0.2, 0) is 11.2 Å². The van der Waals surface area contributed by atoms with Crippen molar-refractivity contribution in [3.05, 3.63) is 54.1 Å². The molecule has 2 aliphatic heterocycles. The van der Waals surface area contributed by atoms with Crippen molar-refractivity contribution in [3.63, 3.8) is 0 Å². The number of hydrogen-bond donors (Lipinski definition) is 1. The number of nitrogens with zero attached hydrogens (tertiary/aromatic N) is 1. The summed E-state index contributed by atoms with van der Waals surface area (Å²) in [6.45, 7) is 2.60. The summed E-state index contributed by atoms with van der Waals surface area (Å²) in [6.07, 6.45) is 1.93. The maximum atomic E-state index is 12.7. The molecular formula is C19H20N2O. The molecule has 1 saturated heterocycles. The topological polar surface area (TPSA) is 32.3 Å². The first-order chi connectivity index (χ1) is 10.8. The van der Waals surface area contributed by atoms with E-state index >= 15 is 0 Å². The van der Waals surface area contributed by atoms with Gasteiger partial charge >= 0.3 is 0 Å². The van der Waals surface area contributed by atoms with Gasteiger partial charge in [0.2, 0.25) is 5.91 Å². The van der Waals surface area contributed by atoms with Gasteiger partial charge in [0.1, 0.15) is 0 Å². The fraction of sp³-hybridized carbons (Fsp3) is 0.316. The first-order valence-corrected chi connectivity index (χ1v) is 8.03. The van der Waals surface area contributed by atoms with Gasteiger partial charge in [-0.2, -0.15) is 0 Å². The Balaban J connectivity index is 1.67. The smallest absolute Gasteiger partial charge is 0.231 e. The normalized spacial score (nSPS) is 20.2. The van der Waals surface area contributed by atoms with Gasteiger partial charge in [0.25, 0.3) is 0 Å². The zero-order valence-electron chi connectivity index (χ0n) is 12.6. The molecule has 0 radical (unpaired) electrons. The lowest BCUT2D eigenvalue weighted by Gasteiger charge is -2.21. The average molecular weight is 292 g/mol. The van der Waals surface area contributed by atoms with E-state index in [0.29, 0.717) is 0 Å². The molecule has 3 heteroatoms. The molecule has 2 aromatic carbocycles. The van der Waals surface area contributed by atoms with Gasteiger partial charge in [-0.05, 0) is 42.1 Å². The molecule has 0 unspecified atom stereocenters. The van der Waals surface area contributed by atoms with Crippen molar-refractivity contribution < 1.29 is 4.79 Å². The minimum absolute atomic E-state index is 0.145. The first-order valence-electron chi connectivity index (χ1n) is 8.03. The van der Waals surface area contributed by atoms with Crippen LogP contribution in [0.15, 0.2) is 48.5 Å². The van der Waals surface area contributed by atoms with Crippen LogP contribution >= 0.6 is 0 Å². The van der Waals surface area contributed by atoms with Gasteiger partial charge in [0.05, 0.1) is 5.92 Å². The second-order valence-electron chi connectivity index (χ2n) is 6.14. The third kappa shape index (κ3) is 2.32. The molecule has 4 rings (SSSR count). The van der Waals surface area contributed by atoms with Gasteiger partial charge in [-0.25, -0.2) is 0 Å². The summed E-state index contributed by atoms with van der Waals surface area (Å²) in [6, 6.07) is 16.9. The molecule has 1 N–H and O–H groups in total. The number of rotatable bonds is 2. The van der Waals surface area contributed by atoms with Crippen LogP contribution in [0.25, 0.3) is 11.1 Å². The van der Waals surface area contributed by atoms with Crippen molar-refractivity contribution in [2.45, 2.75) is 12.8 Å².